The van der Waals surface area contributed by atoms with Gasteiger partial charge in [-0.2, -0.15) is 0 Å². The van der Waals surface area contributed by atoms with E-state index in [0.29, 0.717) is 0 Å². The van der Waals surface area contributed by atoms with Gasteiger partial charge in [-0.25, -0.2) is 0 Å². The average Bonchev–Trinajstić information content (AvgIpc) is 2.66. The Bertz CT molecular complexity index is 187. The van der Waals surface area contributed by atoms with Crippen LogP contribution >= 0.6 is 0 Å². The first-order valence-electron chi connectivity index (χ1n) is 5.14. The zero-order chi connectivity index (χ0) is 10.1. The fourth-order valence-corrected chi connectivity index (χ4v) is 1.74. The van der Waals surface area contributed by atoms with Gasteiger partial charge >= 0.3 is 5.97 Å². The highest BCUT2D eigenvalue weighted by atomic mass is 16.4. The molecule has 2 heteroatoms. The third-order valence-corrected chi connectivity index (χ3v) is 2.90. The van der Waals surface area contributed by atoms with Crippen molar-refractivity contribution in [3.63, 3.8) is 0 Å². The molecular formula is C11H20O2. The molecule has 1 saturated carbocycles. The Morgan fingerprint density at radius 2 is 2.00 bits per heavy atom. The molecule has 0 bridgehead atoms. The molecule has 2 nitrogen and oxygen atoms in total. The first-order valence-corrected chi connectivity index (χ1v) is 5.14. The second kappa shape index (κ2) is 3.69. The van der Waals surface area contributed by atoms with E-state index >= 15 is 0 Å². The minimum Gasteiger partial charge on any atom is -0.481 e. The summed E-state index contributed by atoms with van der Waals surface area (Å²) in [5.74, 6) is 0.0328. The van der Waals surface area contributed by atoms with Gasteiger partial charge in [-0.15, -0.1) is 0 Å². The Hall–Kier alpha value is -0.530. The van der Waals surface area contributed by atoms with Gasteiger partial charge in [-0.3, -0.25) is 4.79 Å². The topological polar surface area (TPSA) is 37.3 Å². The summed E-state index contributed by atoms with van der Waals surface area (Å²) in [7, 11) is 0. The van der Waals surface area contributed by atoms with Crippen molar-refractivity contribution < 1.29 is 9.90 Å². The zero-order valence-corrected chi connectivity index (χ0v) is 8.84. The lowest BCUT2D eigenvalue weighted by atomic mass is 9.78. The van der Waals surface area contributed by atoms with Crippen LogP contribution in [0.2, 0.25) is 0 Å². The van der Waals surface area contributed by atoms with Crippen molar-refractivity contribution in [1.82, 2.24) is 0 Å². The summed E-state index contributed by atoms with van der Waals surface area (Å²) in [5, 5.41) is 9.04. The van der Waals surface area contributed by atoms with Gasteiger partial charge in [0.25, 0.3) is 0 Å². The highest BCUT2D eigenvalue weighted by Gasteiger charge is 2.32. The Morgan fingerprint density at radius 3 is 2.31 bits per heavy atom. The molecule has 1 N–H and O–H groups in total. The molecule has 0 aromatic rings. The normalized spacial score (nSPS) is 19.9. The summed E-state index contributed by atoms with van der Waals surface area (Å²) in [6.07, 6.45) is 4.59. The number of hydrogen-bond donors (Lipinski definition) is 1. The van der Waals surface area contributed by atoms with Gasteiger partial charge in [0.05, 0.1) is 5.92 Å². The highest BCUT2D eigenvalue weighted by Crippen LogP contribution is 2.38. The van der Waals surface area contributed by atoms with Crippen LogP contribution in [0.4, 0.5) is 0 Å². The molecule has 1 atom stereocenters. The molecular weight excluding hydrogens is 164 g/mol. The summed E-state index contributed by atoms with van der Waals surface area (Å²) in [6.45, 7) is 6.04. The van der Waals surface area contributed by atoms with Crippen LogP contribution in [0.5, 0.6) is 0 Å². The molecule has 1 fully saturated rings. The number of hydrogen-bond acceptors (Lipinski definition) is 1. The van der Waals surface area contributed by atoms with Gasteiger partial charge in [0, 0.05) is 0 Å². The molecule has 1 aliphatic rings. The Labute approximate surface area is 80.3 Å². The molecule has 0 amide bonds. The Kier molecular flexibility index (Phi) is 2.99. The van der Waals surface area contributed by atoms with E-state index in [0.717, 1.165) is 18.8 Å². The second-order valence-corrected chi connectivity index (χ2v) is 5.28. The smallest absolute Gasteiger partial charge is 0.307 e. The summed E-state index contributed by atoms with van der Waals surface area (Å²) in [4.78, 5) is 11.0. The predicted molar refractivity (Wildman–Crippen MR) is 52.5 cm³/mol. The van der Waals surface area contributed by atoms with Crippen molar-refractivity contribution in [3.8, 4) is 0 Å². The van der Waals surface area contributed by atoms with Crippen molar-refractivity contribution in [1.29, 1.82) is 0 Å². The van der Waals surface area contributed by atoms with Crippen LogP contribution in [0.15, 0.2) is 0 Å². The molecule has 0 aromatic heterocycles. The maximum absolute atomic E-state index is 11.0. The van der Waals surface area contributed by atoms with Gasteiger partial charge in [0.1, 0.15) is 0 Å². The van der Waals surface area contributed by atoms with Crippen LogP contribution in [0, 0.1) is 17.3 Å². The summed E-state index contributed by atoms with van der Waals surface area (Å²) in [5.41, 5.74) is -0.0965. The van der Waals surface area contributed by atoms with Crippen molar-refractivity contribution in [3.05, 3.63) is 0 Å². The van der Waals surface area contributed by atoms with E-state index in [1.165, 1.54) is 12.8 Å². The lowest BCUT2D eigenvalue weighted by Crippen LogP contribution is -2.28. The van der Waals surface area contributed by atoms with Crippen LogP contribution in [0.1, 0.15) is 46.5 Å². The first kappa shape index (κ1) is 10.6. The third-order valence-electron chi connectivity index (χ3n) is 2.90. The quantitative estimate of drug-likeness (QED) is 0.729. The van der Waals surface area contributed by atoms with Gasteiger partial charge < -0.3 is 5.11 Å². The molecule has 0 aliphatic heterocycles. The van der Waals surface area contributed by atoms with E-state index in [1.54, 1.807) is 0 Å². The molecule has 13 heavy (non-hydrogen) atoms. The van der Waals surface area contributed by atoms with Crippen LogP contribution in [0.25, 0.3) is 0 Å². The third kappa shape index (κ3) is 3.37. The van der Waals surface area contributed by atoms with Crippen LogP contribution in [-0.4, -0.2) is 11.1 Å². The van der Waals surface area contributed by atoms with E-state index in [-0.39, 0.29) is 11.3 Å². The van der Waals surface area contributed by atoms with Crippen LogP contribution in [-0.2, 0) is 4.79 Å². The van der Waals surface area contributed by atoms with Gasteiger partial charge in [0.2, 0.25) is 0 Å². The van der Waals surface area contributed by atoms with Crippen molar-refractivity contribution in [2.24, 2.45) is 17.3 Å². The van der Waals surface area contributed by atoms with Crippen molar-refractivity contribution in [2.75, 3.05) is 0 Å². The number of carboxylic acid groups (broad SMARTS) is 1. The van der Waals surface area contributed by atoms with Crippen LogP contribution in [0.3, 0.4) is 0 Å². The molecule has 0 saturated heterocycles. The van der Waals surface area contributed by atoms with E-state index in [4.69, 9.17) is 5.11 Å². The van der Waals surface area contributed by atoms with E-state index in [2.05, 4.69) is 0 Å². The number of carboxylic acids is 1. The van der Waals surface area contributed by atoms with Crippen molar-refractivity contribution >= 4 is 5.97 Å². The van der Waals surface area contributed by atoms with E-state index in [1.807, 2.05) is 20.8 Å². The number of rotatable bonds is 4. The summed E-state index contributed by atoms with van der Waals surface area (Å²) >= 11 is 0. The van der Waals surface area contributed by atoms with Crippen LogP contribution < -0.4 is 0 Å². The maximum Gasteiger partial charge on any atom is 0.307 e. The SMILES string of the molecule is CC(C)(C)C(CCC1CC1)C(=O)O. The molecule has 1 unspecified atom stereocenters. The monoisotopic (exact) mass is 184 g/mol. The molecule has 0 spiro atoms. The lowest BCUT2D eigenvalue weighted by molar-refractivity contribution is -0.145. The summed E-state index contributed by atoms with van der Waals surface area (Å²) in [6, 6.07) is 0. The number of aliphatic carboxylic acids is 1. The first-order chi connectivity index (χ1) is 5.91. The molecule has 76 valence electrons. The molecule has 0 heterocycles. The van der Waals surface area contributed by atoms with E-state index < -0.39 is 5.97 Å². The molecule has 1 rings (SSSR count). The number of carbonyl (C=O) groups is 1. The Morgan fingerprint density at radius 1 is 1.46 bits per heavy atom. The lowest BCUT2D eigenvalue weighted by Gasteiger charge is -2.26. The fraction of sp³-hybridized carbons (Fsp3) is 0.909. The standard InChI is InChI=1S/C11H20O2/c1-11(2,3)9(10(12)13)7-6-8-4-5-8/h8-9H,4-7H2,1-3H3,(H,12,13). The summed E-state index contributed by atoms with van der Waals surface area (Å²) < 4.78 is 0. The maximum atomic E-state index is 11.0. The minimum absolute atomic E-state index is 0.0965. The largest absolute Gasteiger partial charge is 0.481 e. The predicted octanol–water partition coefficient (Wildman–Crippen LogP) is 2.92. The molecule has 0 aromatic carbocycles. The van der Waals surface area contributed by atoms with E-state index in [9.17, 15) is 4.79 Å². The zero-order valence-electron chi connectivity index (χ0n) is 8.84. The van der Waals surface area contributed by atoms with Crippen molar-refractivity contribution in [2.45, 2.75) is 46.5 Å². The van der Waals surface area contributed by atoms with Gasteiger partial charge in [-0.05, 0) is 24.2 Å². The minimum atomic E-state index is -0.631. The highest BCUT2D eigenvalue weighted by molar-refractivity contribution is 5.70. The Balaban J connectivity index is 2.41. The second-order valence-electron chi connectivity index (χ2n) is 5.28. The van der Waals surface area contributed by atoms with Gasteiger partial charge in [0.15, 0.2) is 0 Å². The molecule has 1 aliphatic carbocycles. The van der Waals surface area contributed by atoms with Gasteiger partial charge in [-0.1, -0.05) is 33.6 Å². The fourth-order valence-electron chi connectivity index (χ4n) is 1.74. The molecule has 0 radical (unpaired) electrons. The average molecular weight is 184 g/mol.